The summed E-state index contributed by atoms with van der Waals surface area (Å²) in [6.07, 6.45) is 80.2. The molecule has 0 aromatic carbocycles. The second-order valence-electron chi connectivity index (χ2n) is 19.2. The lowest BCUT2D eigenvalue weighted by Gasteiger charge is -2.24. The Hall–Kier alpha value is -4.37. The van der Waals surface area contributed by atoms with Gasteiger partial charge in [-0.25, -0.2) is 4.57 Å². The van der Waals surface area contributed by atoms with E-state index in [2.05, 4.69) is 172 Å². The summed E-state index contributed by atoms with van der Waals surface area (Å²) in [4.78, 5) is 35.7. The minimum atomic E-state index is -4.41. The number of allylic oxidation sites excluding steroid dienone is 26. The van der Waals surface area contributed by atoms with E-state index >= 15 is 0 Å². The molecule has 1 N–H and O–H groups in total. The SMILES string of the molecule is CC/C=C\C/C=C\C/C=C\C/C=C\C/C=C\C/C=C\C/C=C\C/C=C\CCCCCCC(=O)OC(COC(=O)CCCCCCC/C=C\C/C=C\C/C=C\C/C=C\C/C=C\CC)COP(=O)(O)OCC[N+](C)(C)C. The van der Waals surface area contributed by atoms with E-state index in [1.165, 1.54) is 0 Å². The van der Waals surface area contributed by atoms with E-state index < -0.39 is 32.5 Å². The van der Waals surface area contributed by atoms with E-state index in [-0.39, 0.29) is 26.1 Å². The van der Waals surface area contributed by atoms with Crippen molar-refractivity contribution >= 4 is 19.8 Å². The molecular formula is C64H103NO8P+. The van der Waals surface area contributed by atoms with Crippen LogP contribution in [0.15, 0.2) is 158 Å². The molecular weight excluding hydrogens is 942 g/mol. The topological polar surface area (TPSA) is 108 Å². The summed E-state index contributed by atoms with van der Waals surface area (Å²) in [5, 5.41) is 0. The molecule has 0 rings (SSSR count). The second-order valence-corrected chi connectivity index (χ2v) is 20.7. The molecule has 10 heteroatoms. The number of phosphoric acid groups is 1. The highest BCUT2D eigenvalue weighted by Gasteiger charge is 2.27. The van der Waals surface area contributed by atoms with Crippen molar-refractivity contribution in [2.75, 3.05) is 47.5 Å². The standard InChI is InChI=1S/C64H102NO8P/c1-6-8-10-12-14-16-18-20-22-24-26-28-29-30-31-32-33-34-35-37-39-41-43-45-47-49-51-53-55-57-64(67)73-62(61-72-74(68,69)71-59-58-65(3,4)5)60-70-63(66)56-54-52-50-48-46-44-42-40-38-36-27-25-23-21-19-17-15-13-11-9-7-2/h8-11,14-17,20-23,26-28,30-31,33-34,36-37,39-40,42-43,45,62H,6-7,12-13,18-19,24-25,29,32,35,38,41,44,46-61H2,1-5H3/p+1/b10-8-,11-9-,16-14-,17-15-,22-20-,23-21-,28-26-,31-30-,34-33-,36-27-,39-37-,42-40-,45-43-. The van der Waals surface area contributed by atoms with Crippen LogP contribution in [-0.4, -0.2) is 74.9 Å². The minimum absolute atomic E-state index is 0.0126. The maximum atomic E-state index is 12.8. The monoisotopic (exact) mass is 1040 g/mol. The molecule has 0 amide bonds. The van der Waals surface area contributed by atoms with Crippen LogP contribution in [0.5, 0.6) is 0 Å². The first-order valence-corrected chi connectivity index (χ1v) is 29.7. The molecule has 0 aromatic heterocycles. The number of nitrogens with zero attached hydrogens (tertiary/aromatic N) is 1. The number of ether oxygens (including phenoxy) is 2. The fourth-order valence-corrected chi connectivity index (χ4v) is 7.50. The largest absolute Gasteiger partial charge is 0.472 e. The average Bonchev–Trinajstić information content (AvgIpc) is 3.36. The molecule has 0 saturated carbocycles. The maximum Gasteiger partial charge on any atom is 0.472 e. The highest BCUT2D eigenvalue weighted by atomic mass is 31.2. The van der Waals surface area contributed by atoms with E-state index in [4.69, 9.17) is 18.5 Å². The summed E-state index contributed by atoms with van der Waals surface area (Å²) in [5.41, 5.74) is 0. The zero-order chi connectivity index (χ0) is 54.2. The number of esters is 2. The van der Waals surface area contributed by atoms with Gasteiger partial charge in [0.05, 0.1) is 27.7 Å². The van der Waals surface area contributed by atoms with Crippen molar-refractivity contribution in [1.29, 1.82) is 0 Å². The Morgan fingerprint density at radius 1 is 0.419 bits per heavy atom. The summed E-state index contributed by atoms with van der Waals surface area (Å²) in [6.45, 7) is 4.12. The van der Waals surface area contributed by atoms with Gasteiger partial charge in [0.25, 0.3) is 0 Å². The van der Waals surface area contributed by atoms with Gasteiger partial charge in [-0.05, 0) is 122 Å². The summed E-state index contributed by atoms with van der Waals surface area (Å²) < 4.78 is 34.5. The molecule has 416 valence electrons. The lowest BCUT2D eigenvalue weighted by Crippen LogP contribution is -2.37. The van der Waals surface area contributed by atoms with Gasteiger partial charge in [-0.1, -0.05) is 204 Å². The van der Waals surface area contributed by atoms with E-state index in [1.54, 1.807) is 0 Å². The van der Waals surface area contributed by atoms with Crippen molar-refractivity contribution in [2.45, 2.75) is 187 Å². The van der Waals surface area contributed by atoms with Gasteiger partial charge in [0, 0.05) is 12.8 Å². The summed E-state index contributed by atoms with van der Waals surface area (Å²) in [7, 11) is 1.42. The number of carbonyl (C=O) groups is 2. The van der Waals surface area contributed by atoms with Crippen LogP contribution >= 0.6 is 7.82 Å². The normalized spacial score (nSPS) is 14.5. The van der Waals surface area contributed by atoms with Gasteiger partial charge in [0.15, 0.2) is 6.10 Å². The Morgan fingerprint density at radius 2 is 0.730 bits per heavy atom. The molecule has 0 saturated heterocycles. The molecule has 0 aliphatic heterocycles. The molecule has 0 aliphatic carbocycles. The summed E-state index contributed by atoms with van der Waals surface area (Å²) >= 11 is 0. The number of hydrogen-bond donors (Lipinski definition) is 1. The summed E-state index contributed by atoms with van der Waals surface area (Å²) in [6, 6.07) is 0. The van der Waals surface area contributed by atoms with Gasteiger partial charge in [-0.3, -0.25) is 18.6 Å². The van der Waals surface area contributed by atoms with Crippen molar-refractivity contribution in [3.63, 3.8) is 0 Å². The average molecular weight is 1050 g/mol. The number of hydrogen-bond acceptors (Lipinski definition) is 7. The molecule has 9 nitrogen and oxygen atoms in total. The van der Waals surface area contributed by atoms with Gasteiger partial charge in [-0.15, -0.1) is 0 Å². The van der Waals surface area contributed by atoms with Crippen LogP contribution in [0, 0.1) is 0 Å². The van der Waals surface area contributed by atoms with Crippen LogP contribution in [0.4, 0.5) is 0 Å². The highest BCUT2D eigenvalue weighted by molar-refractivity contribution is 7.47. The van der Waals surface area contributed by atoms with Gasteiger partial charge < -0.3 is 18.9 Å². The third-order valence-electron chi connectivity index (χ3n) is 11.1. The Morgan fingerprint density at radius 3 is 1.08 bits per heavy atom. The summed E-state index contributed by atoms with van der Waals surface area (Å²) in [5.74, 6) is -0.865. The zero-order valence-electron chi connectivity index (χ0n) is 47.0. The van der Waals surface area contributed by atoms with Crippen LogP contribution in [-0.2, 0) is 32.7 Å². The van der Waals surface area contributed by atoms with E-state index in [9.17, 15) is 19.0 Å². The number of rotatable bonds is 49. The van der Waals surface area contributed by atoms with E-state index in [0.717, 1.165) is 141 Å². The van der Waals surface area contributed by atoms with Crippen LogP contribution in [0.1, 0.15) is 181 Å². The first-order valence-electron chi connectivity index (χ1n) is 28.2. The quantitative estimate of drug-likeness (QED) is 0.0211. The molecule has 74 heavy (non-hydrogen) atoms. The van der Waals surface area contributed by atoms with Gasteiger partial charge >= 0.3 is 19.8 Å². The first-order chi connectivity index (χ1) is 36.0. The van der Waals surface area contributed by atoms with Crippen molar-refractivity contribution < 1.29 is 42.1 Å². The van der Waals surface area contributed by atoms with Crippen LogP contribution in [0.25, 0.3) is 0 Å². The molecule has 0 spiro atoms. The zero-order valence-corrected chi connectivity index (χ0v) is 47.9. The molecule has 2 unspecified atom stereocenters. The fourth-order valence-electron chi connectivity index (χ4n) is 6.76. The van der Waals surface area contributed by atoms with Crippen molar-refractivity contribution in [3.05, 3.63) is 158 Å². The van der Waals surface area contributed by atoms with Crippen molar-refractivity contribution in [3.8, 4) is 0 Å². The van der Waals surface area contributed by atoms with Crippen LogP contribution < -0.4 is 0 Å². The Bertz CT molecular complexity index is 1800. The molecule has 0 radical (unpaired) electrons. The van der Waals surface area contributed by atoms with Crippen molar-refractivity contribution in [1.82, 2.24) is 0 Å². The third-order valence-corrected chi connectivity index (χ3v) is 12.0. The van der Waals surface area contributed by atoms with Gasteiger partial charge in [0.1, 0.15) is 19.8 Å². The predicted molar refractivity (Wildman–Crippen MR) is 316 cm³/mol. The lowest BCUT2D eigenvalue weighted by atomic mass is 10.1. The first kappa shape index (κ1) is 69.6. The molecule has 0 bridgehead atoms. The number of carbonyl (C=O) groups excluding carboxylic acids is 2. The smallest absolute Gasteiger partial charge is 0.462 e. The fraction of sp³-hybridized carbons (Fsp3) is 0.562. The second kappa shape index (κ2) is 53.5. The lowest BCUT2D eigenvalue weighted by molar-refractivity contribution is -0.870. The van der Waals surface area contributed by atoms with Gasteiger partial charge in [-0.2, -0.15) is 0 Å². The highest BCUT2D eigenvalue weighted by Crippen LogP contribution is 2.43. The number of phosphoric ester groups is 1. The molecule has 0 heterocycles. The minimum Gasteiger partial charge on any atom is -0.462 e. The number of quaternary nitrogens is 1. The molecule has 2 atom stereocenters. The maximum absolute atomic E-state index is 12.8. The Kier molecular flexibility index (Phi) is 50.3. The predicted octanol–water partition coefficient (Wildman–Crippen LogP) is 17.7. The molecule has 0 aliphatic rings. The number of likely N-dealkylation sites (N-methyl/N-ethyl adjacent to an activating group) is 1. The molecule has 0 fully saturated rings. The van der Waals surface area contributed by atoms with Gasteiger partial charge in [0.2, 0.25) is 0 Å². The van der Waals surface area contributed by atoms with Crippen molar-refractivity contribution in [2.24, 2.45) is 0 Å². The van der Waals surface area contributed by atoms with Crippen LogP contribution in [0.2, 0.25) is 0 Å². The third kappa shape index (κ3) is 56.9. The number of unbranched alkanes of at least 4 members (excludes halogenated alkanes) is 9. The molecule has 0 aromatic rings. The Labute approximate surface area is 452 Å². The van der Waals surface area contributed by atoms with Crippen LogP contribution in [0.3, 0.4) is 0 Å². The Balaban J connectivity index is 4.35. The van der Waals surface area contributed by atoms with E-state index in [1.807, 2.05) is 21.1 Å². The van der Waals surface area contributed by atoms with E-state index in [0.29, 0.717) is 23.9 Å².